The number of hydrogen-bond donors (Lipinski definition) is 2. The van der Waals surface area contributed by atoms with E-state index in [1.807, 2.05) is 17.8 Å². The maximum Gasteiger partial charge on any atom is 0.244 e. The molecule has 0 atom stereocenters. The molecule has 2 N–H and O–H groups in total. The largest absolute Gasteiger partial charge is 0.396 e. The second-order valence-electron chi connectivity index (χ2n) is 5.32. The standard InChI is InChI=1S/C14H23NO2S/c16-10-12-1-3-13(4-2-12)15-14(17)9-11-5-7-18-8-6-11/h9,12-13,16H,1-8,10H2,(H,15,17). The van der Waals surface area contributed by atoms with E-state index >= 15 is 0 Å². The molecule has 0 aromatic rings. The van der Waals surface area contributed by atoms with Crippen LogP contribution >= 0.6 is 11.8 Å². The number of amides is 1. The first-order chi connectivity index (χ1) is 8.78. The van der Waals surface area contributed by atoms with Crippen molar-refractivity contribution in [2.75, 3.05) is 18.1 Å². The minimum atomic E-state index is 0.0874. The SMILES string of the molecule is O=C(C=C1CCSCC1)NC1CCC(CO)CC1. The maximum absolute atomic E-state index is 11.9. The first-order valence-electron chi connectivity index (χ1n) is 6.96. The molecule has 3 nitrogen and oxygen atoms in total. The molecule has 18 heavy (non-hydrogen) atoms. The zero-order chi connectivity index (χ0) is 12.8. The van der Waals surface area contributed by atoms with Crippen LogP contribution in [-0.4, -0.2) is 35.2 Å². The highest BCUT2D eigenvalue weighted by Crippen LogP contribution is 2.24. The van der Waals surface area contributed by atoms with Crippen LogP contribution in [0.5, 0.6) is 0 Å². The van der Waals surface area contributed by atoms with Crippen molar-refractivity contribution in [3.8, 4) is 0 Å². The summed E-state index contributed by atoms with van der Waals surface area (Å²) in [4.78, 5) is 11.9. The van der Waals surface area contributed by atoms with E-state index in [1.54, 1.807) is 0 Å². The molecule has 1 aliphatic carbocycles. The van der Waals surface area contributed by atoms with Gasteiger partial charge in [0.1, 0.15) is 0 Å². The summed E-state index contributed by atoms with van der Waals surface area (Å²) in [7, 11) is 0. The van der Waals surface area contributed by atoms with Gasteiger partial charge in [0.15, 0.2) is 0 Å². The highest BCUT2D eigenvalue weighted by Gasteiger charge is 2.21. The number of allylic oxidation sites excluding steroid dienone is 1. The van der Waals surface area contributed by atoms with Crippen LogP contribution < -0.4 is 5.32 Å². The van der Waals surface area contributed by atoms with Crippen molar-refractivity contribution >= 4 is 17.7 Å². The Labute approximate surface area is 113 Å². The Morgan fingerprint density at radius 2 is 1.94 bits per heavy atom. The molecule has 1 saturated carbocycles. The van der Waals surface area contributed by atoms with Crippen molar-refractivity contribution in [1.82, 2.24) is 5.32 Å². The number of hydrogen-bond acceptors (Lipinski definition) is 3. The van der Waals surface area contributed by atoms with Gasteiger partial charge in [0.2, 0.25) is 5.91 Å². The molecule has 1 aliphatic heterocycles. The van der Waals surface area contributed by atoms with Crippen LogP contribution in [0.15, 0.2) is 11.6 Å². The molecule has 2 fully saturated rings. The Bertz CT molecular complexity index is 301. The molecule has 1 saturated heterocycles. The molecule has 0 aromatic carbocycles. The van der Waals surface area contributed by atoms with Crippen molar-refractivity contribution in [3.63, 3.8) is 0 Å². The molecule has 1 heterocycles. The second-order valence-corrected chi connectivity index (χ2v) is 6.55. The fourth-order valence-corrected chi connectivity index (χ4v) is 3.71. The summed E-state index contributed by atoms with van der Waals surface area (Å²) < 4.78 is 0. The van der Waals surface area contributed by atoms with Gasteiger partial charge in [0, 0.05) is 18.7 Å². The average molecular weight is 269 g/mol. The minimum Gasteiger partial charge on any atom is -0.396 e. The quantitative estimate of drug-likeness (QED) is 0.772. The van der Waals surface area contributed by atoms with Crippen LogP contribution in [0.25, 0.3) is 0 Å². The zero-order valence-electron chi connectivity index (χ0n) is 10.9. The van der Waals surface area contributed by atoms with Crippen LogP contribution in [0.4, 0.5) is 0 Å². The summed E-state index contributed by atoms with van der Waals surface area (Å²) in [5.41, 5.74) is 1.30. The molecule has 2 rings (SSSR count). The number of aliphatic hydroxyl groups excluding tert-OH is 1. The molecule has 0 aromatic heterocycles. The van der Waals surface area contributed by atoms with Gasteiger partial charge in [-0.25, -0.2) is 0 Å². The van der Waals surface area contributed by atoms with E-state index < -0.39 is 0 Å². The van der Waals surface area contributed by atoms with Crippen LogP contribution in [0.3, 0.4) is 0 Å². The molecule has 0 spiro atoms. The van der Waals surface area contributed by atoms with Gasteiger partial charge in [0.25, 0.3) is 0 Å². The fraction of sp³-hybridized carbons (Fsp3) is 0.786. The molecule has 4 heteroatoms. The van der Waals surface area contributed by atoms with Gasteiger partial charge < -0.3 is 10.4 Å². The zero-order valence-corrected chi connectivity index (χ0v) is 11.7. The normalized spacial score (nSPS) is 28.8. The van der Waals surface area contributed by atoms with Crippen molar-refractivity contribution in [2.24, 2.45) is 5.92 Å². The van der Waals surface area contributed by atoms with Crippen molar-refractivity contribution in [2.45, 2.75) is 44.6 Å². The van der Waals surface area contributed by atoms with Gasteiger partial charge in [-0.15, -0.1) is 0 Å². The summed E-state index contributed by atoms with van der Waals surface area (Å²) in [5.74, 6) is 2.85. The summed E-state index contributed by atoms with van der Waals surface area (Å²) in [5, 5.41) is 12.2. The number of nitrogens with one attached hydrogen (secondary N) is 1. The smallest absolute Gasteiger partial charge is 0.244 e. The lowest BCUT2D eigenvalue weighted by Gasteiger charge is -2.27. The first-order valence-corrected chi connectivity index (χ1v) is 8.12. The topological polar surface area (TPSA) is 49.3 Å². The number of rotatable bonds is 3. The lowest BCUT2D eigenvalue weighted by atomic mass is 9.86. The first kappa shape index (κ1) is 13.9. The third-order valence-corrected chi connectivity index (χ3v) is 4.91. The average Bonchev–Trinajstić information content (AvgIpc) is 2.40. The Kier molecular flexibility index (Phi) is 5.57. The van der Waals surface area contributed by atoms with Gasteiger partial charge >= 0.3 is 0 Å². The number of thioether (sulfide) groups is 1. The molecule has 1 amide bonds. The monoisotopic (exact) mass is 269 g/mol. The Morgan fingerprint density at radius 3 is 2.56 bits per heavy atom. The molecule has 2 aliphatic rings. The second kappa shape index (κ2) is 7.19. The van der Waals surface area contributed by atoms with Crippen LogP contribution in [0, 0.1) is 5.92 Å². The Morgan fingerprint density at radius 1 is 1.28 bits per heavy atom. The number of carbonyl (C=O) groups is 1. The number of aliphatic hydroxyl groups is 1. The highest BCUT2D eigenvalue weighted by molar-refractivity contribution is 7.99. The maximum atomic E-state index is 11.9. The van der Waals surface area contributed by atoms with Gasteiger partial charge in [0.05, 0.1) is 0 Å². The predicted octanol–water partition coefficient (Wildman–Crippen LogP) is 2.11. The van der Waals surface area contributed by atoms with E-state index in [-0.39, 0.29) is 5.91 Å². The minimum absolute atomic E-state index is 0.0874. The van der Waals surface area contributed by atoms with E-state index in [0.717, 1.165) is 50.0 Å². The molecule has 0 bridgehead atoms. The van der Waals surface area contributed by atoms with E-state index in [1.165, 1.54) is 5.57 Å². The van der Waals surface area contributed by atoms with E-state index in [0.29, 0.717) is 18.6 Å². The third-order valence-electron chi connectivity index (χ3n) is 3.92. The van der Waals surface area contributed by atoms with Crippen molar-refractivity contribution < 1.29 is 9.90 Å². The Balaban J connectivity index is 1.74. The summed E-state index contributed by atoms with van der Waals surface area (Å²) in [6.07, 6.45) is 8.04. The predicted molar refractivity (Wildman–Crippen MR) is 75.6 cm³/mol. The highest BCUT2D eigenvalue weighted by atomic mass is 32.2. The molecule has 102 valence electrons. The molecular weight excluding hydrogens is 246 g/mol. The van der Waals surface area contributed by atoms with Gasteiger partial charge in [-0.1, -0.05) is 5.57 Å². The third kappa shape index (κ3) is 4.32. The van der Waals surface area contributed by atoms with Gasteiger partial charge in [-0.3, -0.25) is 4.79 Å². The summed E-state index contributed by atoms with van der Waals surface area (Å²) in [6, 6.07) is 0.315. The molecule has 0 radical (unpaired) electrons. The fourth-order valence-electron chi connectivity index (χ4n) is 2.70. The van der Waals surface area contributed by atoms with Crippen molar-refractivity contribution in [3.05, 3.63) is 11.6 Å². The summed E-state index contributed by atoms with van der Waals surface area (Å²) in [6.45, 7) is 0.294. The lowest BCUT2D eigenvalue weighted by Crippen LogP contribution is -2.37. The van der Waals surface area contributed by atoms with E-state index in [9.17, 15) is 4.79 Å². The lowest BCUT2D eigenvalue weighted by molar-refractivity contribution is -0.117. The molecular formula is C14H23NO2S. The van der Waals surface area contributed by atoms with Crippen LogP contribution in [0.1, 0.15) is 38.5 Å². The van der Waals surface area contributed by atoms with Gasteiger partial charge in [-0.05, 0) is 55.9 Å². The van der Waals surface area contributed by atoms with Gasteiger partial charge in [-0.2, -0.15) is 11.8 Å². The molecule has 0 unspecified atom stereocenters. The van der Waals surface area contributed by atoms with Crippen LogP contribution in [0.2, 0.25) is 0 Å². The Hall–Kier alpha value is -0.480. The number of carbonyl (C=O) groups excluding carboxylic acids is 1. The summed E-state index contributed by atoms with van der Waals surface area (Å²) >= 11 is 1.97. The van der Waals surface area contributed by atoms with Crippen LogP contribution in [-0.2, 0) is 4.79 Å². The van der Waals surface area contributed by atoms with E-state index in [2.05, 4.69) is 5.32 Å². The van der Waals surface area contributed by atoms with Crippen molar-refractivity contribution in [1.29, 1.82) is 0 Å². The van der Waals surface area contributed by atoms with E-state index in [4.69, 9.17) is 5.11 Å².